The van der Waals surface area contributed by atoms with Gasteiger partial charge in [0.25, 0.3) is 5.91 Å². The van der Waals surface area contributed by atoms with Crippen LogP contribution < -0.4 is 19.7 Å². The Labute approximate surface area is 161 Å². The maximum atomic E-state index is 12.5. The van der Waals surface area contributed by atoms with E-state index in [-0.39, 0.29) is 12.5 Å². The molecule has 3 rings (SSSR count). The Morgan fingerprint density at radius 2 is 2.04 bits per heavy atom. The summed E-state index contributed by atoms with van der Waals surface area (Å²) >= 11 is 5.97. The number of carbonyl (C=O) groups is 2. The van der Waals surface area contributed by atoms with Gasteiger partial charge in [-0.1, -0.05) is 23.7 Å². The number of hydrogen-bond acceptors (Lipinski definition) is 5. The molecule has 0 bridgehead atoms. The van der Waals surface area contributed by atoms with Gasteiger partial charge < -0.3 is 19.5 Å². The van der Waals surface area contributed by atoms with Gasteiger partial charge in [-0.05, 0) is 30.3 Å². The van der Waals surface area contributed by atoms with Gasteiger partial charge in [-0.25, -0.2) is 4.79 Å². The highest BCUT2D eigenvalue weighted by Gasteiger charge is 2.32. The Hall–Kier alpha value is -2.93. The third-order valence-corrected chi connectivity index (χ3v) is 4.37. The Morgan fingerprint density at radius 3 is 2.74 bits per heavy atom. The van der Waals surface area contributed by atoms with E-state index in [0.717, 1.165) is 0 Å². The van der Waals surface area contributed by atoms with Crippen molar-refractivity contribution >= 4 is 29.3 Å². The van der Waals surface area contributed by atoms with Crippen LogP contribution in [0.3, 0.4) is 0 Å². The number of cyclic esters (lactones) is 1. The van der Waals surface area contributed by atoms with Gasteiger partial charge in [-0.2, -0.15) is 0 Å². The topological polar surface area (TPSA) is 77.1 Å². The number of methoxy groups -OCH3 is 2. The van der Waals surface area contributed by atoms with Gasteiger partial charge >= 0.3 is 6.09 Å². The molecule has 1 unspecified atom stereocenters. The lowest BCUT2D eigenvalue weighted by molar-refractivity contribution is 0.0912. The molecular weight excluding hydrogens is 372 g/mol. The fourth-order valence-electron chi connectivity index (χ4n) is 2.85. The van der Waals surface area contributed by atoms with Crippen molar-refractivity contribution in [3.63, 3.8) is 0 Å². The normalized spacial score (nSPS) is 16.0. The highest BCUT2D eigenvalue weighted by atomic mass is 35.5. The van der Waals surface area contributed by atoms with Crippen molar-refractivity contribution in [3.8, 4) is 11.5 Å². The van der Waals surface area contributed by atoms with E-state index in [4.69, 9.17) is 25.8 Å². The molecule has 142 valence electrons. The summed E-state index contributed by atoms with van der Waals surface area (Å²) in [5, 5.41) is 3.30. The molecule has 8 heteroatoms. The number of ether oxygens (including phenoxy) is 3. The van der Waals surface area contributed by atoms with Gasteiger partial charge in [0.05, 0.1) is 32.9 Å². The lowest BCUT2D eigenvalue weighted by Gasteiger charge is -2.14. The number of para-hydroxylation sites is 1. The highest BCUT2D eigenvalue weighted by Crippen LogP contribution is 2.30. The van der Waals surface area contributed by atoms with Crippen molar-refractivity contribution in [2.45, 2.75) is 6.10 Å². The summed E-state index contributed by atoms with van der Waals surface area (Å²) in [5.74, 6) is 0.467. The van der Waals surface area contributed by atoms with Crippen molar-refractivity contribution in [1.82, 2.24) is 5.32 Å². The van der Waals surface area contributed by atoms with E-state index in [0.29, 0.717) is 34.3 Å². The van der Waals surface area contributed by atoms with Gasteiger partial charge in [-0.3, -0.25) is 9.69 Å². The first-order valence-corrected chi connectivity index (χ1v) is 8.64. The molecular formula is C19H19ClN2O5. The molecule has 2 aromatic rings. The van der Waals surface area contributed by atoms with E-state index in [9.17, 15) is 9.59 Å². The monoisotopic (exact) mass is 390 g/mol. The Kier molecular flexibility index (Phi) is 5.71. The molecule has 0 aliphatic carbocycles. The molecule has 27 heavy (non-hydrogen) atoms. The standard InChI is InChI=1S/C19H19ClN2O5/c1-25-16-8-4-7-15(17(16)26-2)18(23)21-10-14-11-22(19(24)27-14)13-6-3-5-12(20)9-13/h3-9,14H,10-11H2,1-2H3,(H,21,23). The summed E-state index contributed by atoms with van der Waals surface area (Å²) in [4.78, 5) is 26.1. The molecule has 0 saturated carbocycles. The van der Waals surface area contributed by atoms with Gasteiger partial charge in [-0.15, -0.1) is 0 Å². The molecule has 1 atom stereocenters. The second-order valence-electron chi connectivity index (χ2n) is 5.85. The van der Waals surface area contributed by atoms with E-state index in [1.807, 2.05) is 0 Å². The van der Waals surface area contributed by atoms with Crippen molar-refractivity contribution in [2.75, 3.05) is 32.2 Å². The van der Waals surface area contributed by atoms with Crippen LogP contribution in [0.5, 0.6) is 11.5 Å². The zero-order valence-electron chi connectivity index (χ0n) is 14.9. The molecule has 0 radical (unpaired) electrons. The van der Waals surface area contributed by atoms with E-state index in [2.05, 4.69) is 5.32 Å². The lowest BCUT2D eigenvalue weighted by Crippen LogP contribution is -2.34. The first kappa shape index (κ1) is 18.8. The first-order chi connectivity index (χ1) is 13.0. The minimum Gasteiger partial charge on any atom is -0.493 e. The summed E-state index contributed by atoms with van der Waals surface area (Å²) < 4.78 is 15.8. The first-order valence-electron chi connectivity index (χ1n) is 8.26. The third kappa shape index (κ3) is 4.09. The summed E-state index contributed by atoms with van der Waals surface area (Å²) in [6.07, 6.45) is -0.951. The zero-order chi connectivity index (χ0) is 19.4. The summed E-state index contributed by atoms with van der Waals surface area (Å²) in [6, 6.07) is 12.0. The predicted molar refractivity (Wildman–Crippen MR) is 101 cm³/mol. The number of halogens is 1. The van der Waals surface area contributed by atoms with E-state index in [1.165, 1.54) is 19.1 Å². The molecule has 1 aliphatic rings. The number of anilines is 1. The van der Waals surface area contributed by atoms with E-state index >= 15 is 0 Å². The molecule has 1 fully saturated rings. The molecule has 1 saturated heterocycles. The second kappa shape index (κ2) is 8.18. The van der Waals surface area contributed by atoms with Crippen molar-refractivity contribution in [2.24, 2.45) is 0 Å². The lowest BCUT2D eigenvalue weighted by atomic mass is 10.1. The molecule has 2 amide bonds. The highest BCUT2D eigenvalue weighted by molar-refractivity contribution is 6.30. The molecule has 0 spiro atoms. The smallest absolute Gasteiger partial charge is 0.414 e. The van der Waals surface area contributed by atoms with Crippen molar-refractivity contribution in [3.05, 3.63) is 53.1 Å². The Morgan fingerprint density at radius 1 is 1.26 bits per heavy atom. The number of hydrogen-bond donors (Lipinski definition) is 1. The molecule has 1 heterocycles. The van der Waals surface area contributed by atoms with Crippen LogP contribution in [0, 0.1) is 0 Å². The molecule has 0 aromatic heterocycles. The second-order valence-corrected chi connectivity index (χ2v) is 6.28. The summed E-state index contributed by atoms with van der Waals surface area (Å²) in [6.45, 7) is 0.483. The molecule has 1 N–H and O–H groups in total. The Balaban J connectivity index is 1.64. The number of nitrogens with zero attached hydrogens (tertiary/aromatic N) is 1. The van der Waals surface area contributed by atoms with Crippen LogP contribution in [-0.2, 0) is 4.74 Å². The largest absolute Gasteiger partial charge is 0.493 e. The van der Waals surface area contributed by atoms with Crippen molar-refractivity contribution < 1.29 is 23.8 Å². The van der Waals surface area contributed by atoms with Gasteiger partial charge in [0.2, 0.25) is 0 Å². The Bertz CT molecular complexity index is 858. The number of carbonyl (C=O) groups excluding carboxylic acids is 2. The van der Waals surface area contributed by atoms with Crippen LogP contribution in [0.4, 0.5) is 10.5 Å². The van der Waals surface area contributed by atoms with Crippen LogP contribution in [0.2, 0.25) is 5.02 Å². The molecule has 2 aromatic carbocycles. The maximum Gasteiger partial charge on any atom is 0.414 e. The predicted octanol–water partition coefficient (Wildman–Crippen LogP) is 3.11. The quantitative estimate of drug-likeness (QED) is 0.820. The maximum absolute atomic E-state index is 12.5. The van der Waals surface area contributed by atoms with Crippen LogP contribution in [0.1, 0.15) is 10.4 Å². The summed E-state index contributed by atoms with van der Waals surface area (Å²) in [5.41, 5.74) is 0.990. The summed E-state index contributed by atoms with van der Waals surface area (Å²) in [7, 11) is 2.97. The van der Waals surface area contributed by atoms with Crippen LogP contribution >= 0.6 is 11.6 Å². The number of amides is 2. The molecule has 1 aliphatic heterocycles. The minimum absolute atomic E-state index is 0.169. The number of nitrogens with one attached hydrogen (secondary N) is 1. The van der Waals surface area contributed by atoms with E-state index in [1.54, 1.807) is 42.5 Å². The van der Waals surface area contributed by atoms with Gasteiger partial charge in [0.1, 0.15) is 6.10 Å². The number of rotatable bonds is 6. The SMILES string of the molecule is COc1cccc(C(=O)NCC2CN(c3cccc(Cl)c3)C(=O)O2)c1OC. The fourth-order valence-corrected chi connectivity index (χ4v) is 3.03. The fraction of sp³-hybridized carbons (Fsp3) is 0.263. The van der Waals surface area contributed by atoms with Crippen molar-refractivity contribution in [1.29, 1.82) is 0 Å². The van der Waals surface area contributed by atoms with Gasteiger partial charge in [0.15, 0.2) is 11.5 Å². The van der Waals surface area contributed by atoms with Crippen LogP contribution in [0.15, 0.2) is 42.5 Å². The van der Waals surface area contributed by atoms with Crippen LogP contribution in [-0.4, -0.2) is 45.4 Å². The third-order valence-electron chi connectivity index (χ3n) is 4.13. The van der Waals surface area contributed by atoms with E-state index < -0.39 is 12.2 Å². The van der Waals surface area contributed by atoms with Crippen LogP contribution in [0.25, 0.3) is 0 Å². The minimum atomic E-state index is -0.476. The number of benzene rings is 2. The average molecular weight is 391 g/mol. The average Bonchev–Trinajstić information content (AvgIpc) is 3.06. The molecule has 7 nitrogen and oxygen atoms in total. The van der Waals surface area contributed by atoms with Gasteiger partial charge in [0, 0.05) is 10.7 Å². The zero-order valence-corrected chi connectivity index (χ0v) is 15.7.